The summed E-state index contributed by atoms with van der Waals surface area (Å²) >= 11 is 0. The summed E-state index contributed by atoms with van der Waals surface area (Å²) in [4.78, 5) is 0. The highest BCUT2D eigenvalue weighted by atomic mass is 16.5. The van der Waals surface area contributed by atoms with Crippen molar-refractivity contribution in [2.24, 2.45) is 0 Å². The smallest absolute Gasteiger partial charge is 0.190 e. The number of hydrogen-bond acceptors (Lipinski definition) is 1. The van der Waals surface area contributed by atoms with E-state index >= 15 is 0 Å². The van der Waals surface area contributed by atoms with Crippen LogP contribution >= 0.6 is 0 Å². The lowest BCUT2D eigenvalue weighted by Gasteiger charge is -2.43. The van der Waals surface area contributed by atoms with Gasteiger partial charge < -0.3 is 4.74 Å². The van der Waals surface area contributed by atoms with Crippen LogP contribution in [0.1, 0.15) is 16.7 Å². The van der Waals surface area contributed by atoms with Crippen LogP contribution in [0, 0.1) is 0 Å². The minimum atomic E-state index is -0.491. The molecule has 0 saturated carbocycles. The topological polar surface area (TPSA) is 9.23 Å². The van der Waals surface area contributed by atoms with E-state index in [9.17, 15) is 0 Å². The third kappa shape index (κ3) is 1.56. The van der Waals surface area contributed by atoms with Crippen molar-refractivity contribution < 1.29 is 4.74 Å². The van der Waals surface area contributed by atoms with Crippen molar-refractivity contribution in [3.05, 3.63) is 114 Å². The molecule has 1 aliphatic heterocycles. The summed E-state index contributed by atoms with van der Waals surface area (Å²) < 4.78 is 6.55. The van der Waals surface area contributed by atoms with Crippen molar-refractivity contribution in [1.29, 1.82) is 0 Å². The molecule has 0 amide bonds. The highest BCUT2D eigenvalue weighted by molar-refractivity contribution is 5.89. The van der Waals surface area contributed by atoms with Crippen LogP contribution in [0.2, 0.25) is 0 Å². The molecule has 0 bridgehead atoms. The summed E-state index contributed by atoms with van der Waals surface area (Å²) in [5, 5.41) is 0. The molecule has 1 atom stereocenters. The average Bonchev–Trinajstić information content (AvgIpc) is 2.96. The predicted octanol–water partition coefficient (Wildman–Crippen LogP) is 6.02. The summed E-state index contributed by atoms with van der Waals surface area (Å²) in [5.74, 6) is 1.00. The fourth-order valence-electron chi connectivity index (χ4n) is 4.58. The van der Waals surface area contributed by atoms with Gasteiger partial charge in [-0.3, -0.25) is 0 Å². The van der Waals surface area contributed by atoms with Gasteiger partial charge in [-0.05, 0) is 28.3 Å². The Kier molecular flexibility index (Phi) is 2.60. The van der Waals surface area contributed by atoms with Crippen molar-refractivity contribution in [2.45, 2.75) is 5.60 Å². The average molecular weight is 332 g/mol. The van der Waals surface area contributed by atoms with Crippen LogP contribution in [-0.2, 0) is 5.60 Å². The van der Waals surface area contributed by atoms with Gasteiger partial charge in [-0.1, -0.05) is 91.0 Å². The monoisotopic (exact) mass is 332 g/mol. The van der Waals surface area contributed by atoms with E-state index in [1.54, 1.807) is 0 Å². The highest BCUT2D eigenvalue weighted by Gasteiger charge is 2.56. The van der Waals surface area contributed by atoms with Crippen molar-refractivity contribution in [2.75, 3.05) is 0 Å². The van der Waals surface area contributed by atoms with Gasteiger partial charge in [0.15, 0.2) is 5.60 Å². The zero-order valence-corrected chi connectivity index (χ0v) is 14.1. The molecule has 1 heteroatoms. The lowest BCUT2D eigenvalue weighted by atomic mass is 9.76. The van der Waals surface area contributed by atoms with E-state index in [1.165, 1.54) is 38.9 Å². The summed E-state index contributed by atoms with van der Waals surface area (Å²) in [6, 6.07) is 34.2. The molecule has 122 valence electrons. The second-order valence-electron chi connectivity index (χ2n) is 6.92. The molecule has 0 saturated heterocycles. The van der Waals surface area contributed by atoms with Crippen LogP contribution in [0.5, 0.6) is 5.75 Å². The zero-order valence-electron chi connectivity index (χ0n) is 14.1. The lowest BCUT2D eigenvalue weighted by molar-refractivity contribution is 0.103. The van der Waals surface area contributed by atoms with Crippen molar-refractivity contribution in [1.82, 2.24) is 0 Å². The van der Waals surface area contributed by atoms with Crippen molar-refractivity contribution in [3.63, 3.8) is 0 Å². The van der Waals surface area contributed by atoms with E-state index in [0.29, 0.717) is 0 Å². The normalized spacial score (nSPS) is 18.5. The first-order valence-electron chi connectivity index (χ1n) is 8.97. The number of ether oxygens (including phenoxy) is 1. The minimum Gasteiger partial charge on any atom is -0.472 e. The second-order valence-corrected chi connectivity index (χ2v) is 6.92. The summed E-state index contributed by atoms with van der Waals surface area (Å²) in [7, 11) is 0. The summed E-state index contributed by atoms with van der Waals surface area (Å²) in [5.41, 5.74) is 8.31. The molecule has 0 aromatic heterocycles. The van der Waals surface area contributed by atoms with Gasteiger partial charge in [0.1, 0.15) is 5.75 Å². The maximum Gasteiger partial charge on any atom is 0.190 e. The molecule has 26 heavy (non-hydrogen) atoms. The number of benzene rings is 4. The van der Waals surface area contributed by atoms with Gasteiger partial charge >= 0.3 is 0 Å². The maximum absolute atomic E-state index is 6.55. The molecular formula is C25H16O. The van der Waals surface area contributed by atoms with Crippen LogP contribution < -0.4 is 4.74 Å². The maximum atomic E-state index is 6.55. The quantitative estimate of drug-likeness (QED) is 0.436. The van der Waals surface area contributed by atoms with E-state index in [4.69, 9.17) is 4.74 Å². The molecule has 0 radical (unpaired) electrons. The Hall–Kier alpha value is -3.32. The standard InChI is InChI=1S/C25H16O/c1-2-9-17(10-3-1)18-11-4-6-14-21(18)25-22-15-7-5-12-19(22)20-13-8-16-23(26-25)24(20)25/h1-16H. The lowest BCUT2D eigenvalue weighted by Crippen LogP contribution is -2.42. The molecule has 1 nitrogen and oxygen atoms in total. The molecule has 6 rings (SSSR count). The molecule has 1 aliphatic carbocycles. The fraction of sp³-hybridized carbons (Fsp3) is 0.0400. The molecule has 1 unspecified atom stereocenters. The first kappa shape index (κ1) is 13.9. The zero-order chi connectivity index (χ0) is 17.1. The largest absolute Gasteiger partial charge is 0.472 e. The van der Waals surface area contributed by atoms with E-state index in [0.717, 1.165) is 5.75 Å². The molecule has 2 aliphatic rings. The second kappa shape index (κ2) is 4.86. The molecule has 0 fully saturated rings. The molecule has 4 aromatic rings. The Labute approximate surface area is 152 Å². The van der Waals surface area contributed by atoms with Crippen LogP contribution in [0.4, 0.5) is 0 Å². The molecular weight excluding hydrogens is 316 g/mol. The highest BCUT2D eigenvalue weighted by Crippen LogP contribution is 2.63. The first-order valence-corrected chi connectivity index (χ1v) is 8.97. The van der Waals surface area contributed by atoms with Gasteiger partial charge in [0, 0.05) is 11.1 Å². The Morgan fingerprint density at radius 2 is 1.12 bits per heavy atom. The third-order valence-electron chi connectivity index (χ3n) is 5.63. The Balaban J connectivity index is 1.70. The SMILES string of the molecule is c1ccc(-c2ccccc2C23Oc4cccc(c42)-c2ccccc23)cc1. The Bertz CT molecular complexity index is 1160. The van der Waals surface area contributed by atoms with Gasteiger partial charge in [-0.2, -0.15) is 0 Å². The minimum absolute atomic E-state index is 0.491. The van der Waals surface area contributed by atoms with Gasteiger partial charge in [-0.25, -0.2) is 0 Å². The number of hydrogen-bond donors (Lipinski definition) is 0. The molecule has 0 spiro atoms. The number of rotatable bonds is 2. The van der Waals surface area contributed by atoms with Gasteiger partial charge in [-0.15, -0.1) is 0 Å². The Morgan fingerprint density at radius 1 is 0.500 bits per heavy atom. The van der Waals surface area contributed by atoms with E-state index in [-0.39, 0.29) is 0 Å². The predicted molar refractivity (Wildman–Crippen MR) is 104 cm³/mol. The van der Waals surface area contributed by atoms with Crippen molar-refractivity contribution >= 4 is 0 Å². The third-order valence-corrected chi connectivity index (χ3v) is 5.63. The molecule has 0 N–H and O–H groups in total. The summed E-state index contributed by atoms with van der Waals surface area (Å²) in [6.45, 7) is 0. The Morgan fingerprint density at radius 3 is 1.92 bits per heavy atom. The van der Waals surface area contributed by atoms with Gasteiger partial charge in [0.25, 0.3) is 0 Å². The molecule has 1 heterocycles. The van der Waals surface area contributed by atoms with E-state index in [2.05, 4.69) is 97.1 Å². The summed E-state index contributed by atoms with van der Waals surface area (Å²) in [6.07, 6.45) is 0. The molecule has 4 aromatic carbocycles. The fourth-order valence-corrected chi connectivity index (χ4v) is 4.58. The van der Waals surface area contributed by atoms with Crippen LogP contribution in [0.3, 0.4) is 0 Å². The van der Waals surface area contributed by atoms with Crippen LogP contribution in [0.15, 0.2) is 97.1 Å². The van der Waals surface area contributed by atoms with E-state index in [1.807, 2.05) is 0 Å². The van der Waals surface area contributed by atoms with E-state index < -0.39 is 5.60 Å². The van der Waals surface area contributed by atoms with Crippen LogP contribution in [0.25, 0.3) is 22.3 Å². The van der Waals surface area contributed by atoms with Gasteiger partial charge in [0.05, 0.1) is 5.56 Å². The van der Waals surface area contributed by atoms with Crippen molar-refractivity contribution in [3.8, 4) is 28.0 Å². The van der Waals surface area contributed by atoms with Crippen LogP contribution in [-0.4, -0.2) is 0 Å². The van der Waals surface area contributed by atoms with Gasteiger partial charge in [0.2, 0.25) is 0 Å². The first-order chi connectivity index (χ1) is 12.9. The number of fused-ring (bicyclic) bond motifs is 3.